The zero-order chi connectivity index (χ0) is 12.3. The van der Waals surface area contributed by atoms with Gasteiger partial charge in [-0.2, -0.15) is 0 Å². The normalized spacial score (nSPS) is 19.2. The van der Waals surface area contributed by atoms with Gasteiger partial charge in [-0.05, 0) is 38.9 Å². The number of nitrogens with zero attached hydrogens (tertiary/aromatic N) is 2. The Balaban J connectivity index is 2.41. The second kappa shape index (κ2) is 5.74. The minimum Gasteiger partial charge on any atom is -0.387 e. The number of hydrogen-bond acceptors (Lipinski definition) is 3. The Morgan fingerprint density at radius 2 is 2.12 bits per heavy atom. The van der Waals surface area contributed by atoms with E-state index in [1.165, 1.54) is 29.9 Å². The van der Waals surface area contributed by atoms with Crippen molar-refractivity contribution in [3.63, 3.8) is 0 Å². The van der Waals surface area contributed by atoms with Crippen LogP contribution >= 0.6 is 11.8 Å². The van der Waals surface area contributed by atoms with Crippen LogP contribution in [0.5, 0.6) is 0 Å². The summed E-state index contributed by atoms with van der Waals surface area (Å²) < 4.78 is 2.09. The highest BCUT2D eigenvalue weighted by atomic mass is 32.2. The van der Waals surface area contributed by atoms with Gasteiger partial charge in [0.05, 0.1) is 24.3 Å². The molecule has 1 unspecified atom stereocenters. The fraction of sp³-hybridized carbons (Fsp3) is 0.615. The number of aromatic nitrogens is 2. The van der Waals surface area contributed by atoms with Crippen molar-refractivity contribution in [1.82, 2.24) is 9.55 Å². The third kappa shape index (κ3) is 2.75. The van der Waals surface area contributed by atoms with Gasteiger partial charge in [-0.3, -0.25) is 0 Å². The molecule has 1 aromatic rings. The quantitative estimate of drug-likeness (QED) is 0.895. The van der Waals surface area contributed by atoms with Gasteiger partial charge in [0.25, 0.3) is 0 Å². The molecule has 1 atom stereocenters. The highest BCUT2D eigenvalue weighted by Crippen LogP contribution is 2.34. The molecule has 3 nitrogen and oxygen atoms in total. The first-order valence-electron chi connectivity index (χ1n) is 6.20. The number of imidazole rings is 1. The maximum Gasteiger partial charge on any atom is 0.0992 e. The van der Waals surface area contributed by atoms with Crippen molar-refractivity contribution < 1.29 is 5.11 Å². The predicted molar refractivity (Wildman–Crippen MR) is 72.7 cm³/mol. The minimum absolute atomic E-state index is 0.462. The van der Waals surface area contributed by atoms with Crippen LogP contribution in [-0.4, -0.2) is 20.9 Å². The summed E-state index contributed by atoms with van der Waals surface area (Å²) in [6.45, 7) is 1.80. The van der Waals surface area contributed by atoms with Crippen molar-refractivity contribution in [2.24, 2.45) is 0 Å². The number of hydrogen-bond donors (Lipinski definition) is 1. The van der Waals surface area contributed by atoms with E-state index < -0.39 is 6.10 Å². The molecule has 1 heterocycles. The van der Waals surface area contributed by atoms with E-state index in [0.717, 1.165) is 18.5 Å². The van der Waals surface area contributed by atoms with Crippen LogP contribution in [0.1, 0.15) is 50.8 Å². The van der Waals surface area contributed by atoms with Crippen LogP contribution in [0.25, 0.3) is 5.70 Å². The average molecular weight is 252 g/mol. The molecule has 1 aromatic heterocycles. The van der Waals surface area contributed by atoms with E-state index in [1.54, 1.807) is 13.1 Å². The van der Waals surface area contributed by atoms with Crippen molar-refractivity contribution in [3.8, 4) is 0 Å². The lowest BCUT2D eigenvalue weighted by Gasteiger charge is -2.16. The van der Waals surface area contributed by atoms with Crippen LogP contribution in [0.3, 0.4) is 0 Å². The molecule has 2 rings (SSSR count). The van der Waals surface area contributed by atoms with Crippen LogP contribution in [0, 0.1) is 0 Å². The molecule has 0 fully saturated rings. The predicted octanol–water partition coefficient (Wildman–Crippen LogP) is 3.43. The summed E-state index contributed by atoms with van der Waals surface area (Å²) in [5, 5.41) is 9.76. The molecular formula is C13H20N2OS. The lowest BCUT2D eigenvalue weighted by molar-refractivity contribution is 0.192. The Labute approximate surface area is 107 Å². The first-order chi connectivity index (χ1) is 8.24. The standard InChI is InChI=1S/C13H20N2OS/c1-10(16)12-8-14-9-15(12)11-6-4-3-5-7-13(11)17-2/h8-10,16H,3-7H2,1-2H3. The summed E-state index contributed by atoms with van der Waals surface area (Å²) >= 11 is 1.84. The van der Waals surface area contributed by atoms with E-state index >= 15 is 0 Å². The highest BCUT2D eigenvalue weighted by Gasteiger charge is 2.16. The zero-order valence-corrected chi connectivity index (χ0v) is 11.3. The Kier molecular flexibility index (Phi) is 4.29. The molecule has 1 aliphatic rings. The molecule has 0 aliphatic heterocycles. The van der Waals surface area contributed by atoms with Gasteiger partial charge in [0.15, 0.2) is 0 Å². The monoisotopic (exact) mass is 252 g/mol. The SMILES string of the molecule is CSC1=C(n2cncc2C(C)O)CCCCC1. The summed E-state index contributed by atoms with van der Waals surface area (Å²) in [7, 11) is 0. The zero-order valence-electron chi connectivity index (χ0n) is 10.5. The van der Waals surface area contributed by atoms with Gasteiger partial charge < -0.3 is 9.67 Å². The molecule has 4 heteroatoms. The summed E-state index contributed by atoms with van der Waals surface area (Å²) in [5.41, 5.74) is 2.23. The van der Waals surface area contributed by atoms with Gasteiger partial charge in [-0.15, -0.1) is 11.8 Å². The van der Waals surface area contributed by atoms with E-state index in [1.807, 2.05) is 18.1 Å². The van der Waals surface area contributed by atoms with E-state index in [-0.39, 0.29) is 0 Å². The molecule has 17 heavy (non-hydrogen) atoms. The number of rotatable bonds is 3. The molecule has 0 amide bonds. The molecule has 0 saturated carbocycles. The molecular weight excluding hydrogens is 232 g/mol. The molecule has 1 aliphatic carbocycles. The van der Waals surface area contributed by atoms with Crippen LogP contribution in [-0.2, 0) is 0 Å². The minimum atomic E-state index is -0.462. The topological polar surface area (TPSA) is 38.0 Å². The molecule has 0 radical (unpaired) electrons. The van der Waals surface area contributed by atoms with Crippen LogP contribution in [0.15, 0.2) is 17.4 Å². The van der Waals surface area contributed by atoms with Gasteiger partial charge >= 0.3 is 0 Å². The number of aliphatic hydroxyl groups is 1. The molecule has 0 bridgehead atoms. The van der Waals surface area contributed by atoms with Gasteiger partial charge in [0.1, 0.15) is 0 Å². The maximum absolute atomic E-state index is 9.76. The largest absolute Gasteiger partial charge is 0.387 e. The van der Waals surface area contributed by atoms with Gasteiger partial charge in [-0.25, -0.2) is 4.98 Å². The van der Waals surface area contributed by atoms with Crippen LogP contribution in [0.4, 0.5) is 0 Å². The Hall–Kier alpha value is -0.740. The maximum atomic E-state index is 9.76. The fourth-order valence-electron chi connectivity index (χ4n) is 2.35. The second-order valence-corrected chi connectivity index (χ2v) is 5.40. The smallest absolute Gasteiger partial charge is 0.0992 e. The Morgan fingerprint density at radius 3 is 2.82 bits per heavy atom. The van der Waals surface area contributed by atoms with Crippen molar-refractivity contribution in [2.45, 2.75) is 45.1 Å². The van der Waals surface area contributed by atoms with Crippen molar-refractivity contribution in [3.05, 3.63) is 23.1 Å². The van der Waals surface area contributed by atoms with E-state index in [2.05, 4.69) is 15.8 Å². The Morgan fingerprint density at radius 1 is 1.35 bits per heavy atom. The third-order valence-electron chi connectivity index (χ3n) is 3.27. The molecule has 1 N–H and O–H groups in total. The number of allylic oxidation sites excluding steroid dienone is 2. The molecule has 0 saturated heterocycles. The van der Waals surface area contributed by atoms with Gasteiger partial charge in [0, 0.05) is 10.6 Å². The number of thioether (sulfide) groups is 1. The molecule has 94 valence electrons. The molecule has 0 aromatic carbocycles. The lowest BCUT2D eigenvalue weighted by Crippen LogP contribution is -2.05. The van der Waals surface area contributed by atoms with Gasteiger partial charge in [0.2, 0.25) is 0 Å². The van der Waals surface area contributed by atoms with Crippen molar-refractivity contribution in [1.29, 1.82) is 0 Å². The summed E-state index contributed by atoms with van der Waals surface area (Å²) in [4.78, 5) is 5.62. The second-order valence-electron chi connectivity index (χ2n) is 4.50. The van der Waals surface area contributed by atoms with E-state index in [4.69, 9.17) is 0 Å². The average Bonchev–Trinajstić information content (AvgIpc) is 2.68. The van der Waals surface area contributed by atoms with Crippen molar-refractivity contribution >= 4 is 17.5 Å². The third-order valence-corrected chi connectivity index (χ3v) is 4.20. The number of aliphatic hydroxyl groups excluding tert-OH is 1. The van der Waals surface area contributed by atoms with Crippen molar-refractivity contribution in [2.75, 3.05) is 6.26 Å². The highest BCUT2D eigenvalue weighted by molar-refractivity contribution is 8.02. The Bertz CT molecular complexity index is 409. The first-order valence-corrected chi connectivity index (χ1v) is 7.43. The van der Waals surface area contributed by atoms with E-state index in [9.17, 15) is 5.11 Å². The molecule has 0 spiro atoms. The first kappa shape index (κ1) is 12.7. The lowest BCUT2D eigenvalue weighted by atomic mass is 10.2. The summed E-state index contributed by atoms with van der Waals surface area (Å²) in [6.07, 6.45) is 11.3. The van der Waals surface area contributed by atoms with E-state index in [0.29, 0.717) is 0 Å². The summed E-state index contributed by atoms with van der Waals surface area (Å²) in [6, 6.07) is 0. The van der Waals surface area contributed by atoms with Gasteiger partial charge in [-0.1, -0.05) is 6.42 Å². The fourth-order valence-corrected chi connectivity index (χ4v) is 3.14. The summed E-state index contributed by atoms with van der Waals surface area (Å²) in [5.74, 6) is 0. The van der Waals surface area contributed by atoms with Crippen LogP contribution < -0.4 is 0 Å². The van der Waals surface area contributed by atoms with Crippen LogP contribution in [0.2, 0.25) is 0 Å².